The Morgan fingerprint density at radius 3 is 2.30 bits per heavy atom. The van der Waals surface area contributed by atoms with Crippen LogP contribution in [0.25, 0.3) is 11.1 Å². The number of rotatable bonds is 7. The molecule has 0 unspecified atom stereocenters. The molecule has 0 spiro atoms. The minimum absolute atomic E-state index is 0.572. The molecule has 1 aliphatic carbocycles. The Kier molecular flexibility index (Phi) is 6.86. The normalized spacial score (nSPS) is 19.4. The summed E-state index contributed by atoms with van der Waals surface area (Å²) in [7, 11) is 2.06. The van der Waals surface area contributed by atoms with E-state index in [2.05, 4.69) is 41.9 Å². The highest BCUT2D eigenvalue weighted by molar-refractivity contribution is 5.66. The van der Waals surface area contributed by atoms with Crippen molar-refractivity contribution in [2.45, 2.75) is 51.2 Å². The molecule has 0 saturated heterocycles. The third kappa shape index (κ3) is 5.09. The van der Waals surface area contributed by atoms with Crippen molar-refractivity contribution in [1.29, 1.82) is 5.26 Å². The fraction of sp³-hybridized carbons (Fsp3) is 0.435. The molecule has 142 valence electrons. The van der Waals surface area contributed by atoms with E-state index in [0.717, 1.165) is 23.4 Å². The Bertz CT molecular complexity index is 771. The van der Waals surface area contributed by atoms with Crippen molar-refractivity contribution in [3.05, 3.63) is 53.6 Å². The minimum Gasteiger partial charge on any atom is -0.494 e. The van der Waals surface area contributed by atoms with Gasteiger partial charge in [0.25, 0.3) is 0 Å². The van der Waals surface area contributed by atoms with Gasteiger partial charge in [0, 0.05) is 24.2 Å². The molecule has 0 bridgehead atoms. The molecule has 0 radical (unpaired) electrons. The van der Waals surface area contributed by atoms with Crippen molar-refractivity contribution in [1.82, 2.24) is 10.6 Å². The summed E-state index contributed by atoms with van der Waals surface area (Å²) in [6, 6.07) is 17.5. The summed E-state index contributed by atoms with van der Waals surface area (Å²) in [5.74, 6) is 0.950. The molecule has 3 rings (SSSR count). The Hall–Kier alpha value is -2.35. The topological polar surface area (TPSA) is 57.1 Å². The van der Waals surface area contributed by atoms with Gasteiger partial charge in [-0.15, -0.1) is 0 Å². The van der Waals surface area contributed by atoms with Gasteiger partial charge in [-0.25, -0.2) is 0 Å². The van der Waals surface area contributed by atoms with Crippen LogP contribution >= 0.6 is 0 Å². The summed E-state index contributed by atoms with van der Waals surface area (Å²) < 4.78 is 5.85. The molecule has 4 heteroatoms. The summed E-state index contributed by atoms with van der Waals surface area (Å²) >= 11 is 0. The van der Waals surface area contributed by atoms with Gasteiger partial charge in [-0.1, -0.05) is 18.2 Å². The van der Waals surface area contributed by atoms with E-state index in [0.29, 0.717) is 24.3 Å². The number of nitriles is 1. The average molecular weight is 364 g/mol. The highest BCUT2D eigenvalue weighted by Crippen LogP contribution is 2.28. The van der Waals surface area contributed by atoms with Gasteiger partial charge in [-0.05, 0) is 75.0 Å². The zero-order valence-corrected chi connectivity index (χ0v) is 16.3. The quantitative estimate of drug-likeness (QED) is 0.772. The smallest absolute Gasteiger partial charge is 0.123 e. The molecule has 0 amide bonds. The van der Waals surface area contributed by atoms with E-state index in [4.69, 9.17) is 10.00 Å². The molecule has 1 saturated carbocycles. The largest absolute Gasteiger partial charge is 0.494 e. The molecular formula is C23H29N3O. The fourth-order valence-corrected chi connectivity index (χ4v) is 3.77. The predicted molar refractivity (Wildman–Crippen MR) is 110 cm³/mol. The van der Waals surface area contributed by atoms with Gasteiger partial charge < -0.3 is 15.4 Å². The second kappa shape index (κ2) is 9.55. The predicted octanol–water partition coefficient (Wildman–Crippen LogP) is 4.24. The summed E-state index contributed by atoms with van der Waals surface area (Å²) in [5, 5.41) is 16.1. The van der Waals surface area contributed by atoms with Crippen LogP contribution in [-0.2, 0) is 6.54 Å². The van der Waals surface area contributed by atoms with E-state index in [9.17, 15) is 0 Å². The van der Waals surface area contributed by atoms with Crippen molar-refractivity contribution >= 4 is 0 Å². The SMILES string of the molecule is CCOc1ccc(-c2ccc(C#N)cc2)cc1CNC1CCC(NC)CC1. The molecule has 1 fully saturated rings. The zero-order chi connectivity index (χ0) is 19.1. The summed E-state index contributed by atoms with van der Waals surface area (Å²) in [6.45, 7) is 3.50. The lowest BCUT2D eigenvalue weighted by molar-refractivity contribution is 0.310. The molecule has 4 nitrogen and oxygen atoms in total. The molecule has 27 heavy (non-hydrogen) atoms. The number of hydrogen-bond acceptors (Lipinski definition) is 4. The van der Waals surface area contributed by atoms with E-state index < -0.39 is 0 Å². The molecule has 0 aliphatic heterocycles. The second-order valence-corrected chi connectivity index (χ2v) is 7.16. The van der Waals surface area contributed by atoms with Crippen molar-refractivity contribution in [3.63, 3.8) is 0 Å². The van der Waals surface area contributed by atoms with E-state index in [-0.39, 0.29) is 0 Å². The van der Waals surface area contributed by atoms with Gasteiger partial charge >= 0.3 is 0 Å². The first-order valence-corrected chi connectivity index (χ1v) is 9.90. The molecule has 2 N–H and O–H groups in total. The molecule has 0 aromatic heterocycles. The highest BCUT2D eigenvalue weighted by atomic mass is 16.5. The van der Waals surface area contributed by atoms with E-state index in [1.807, 2.05) is 31.2 Å². The molecular weight excluding hydrogens is 334 g/mol. The molecule has 1 aliphatic rings. The molecule has 0 atom stereocenters. The van der Waals surface area contributed by atoms with Crippen molar-refractivity contribution in [3.8, 4) is 22.9 Å². The Morgan fingerprint density at radius 1 is 1.00 bits per heavy atom. The summed E-state index contributed by atoms with van der Waals surface area (Å²) in [6.07, 6.45) is 4.89. The molecule has 2 aromatic rings. The Balaban J connectivity index is 1.72. The lowest BCUT2D eigenvalue weighted by Crippen LogP contribution is -2.38. The summed E-state index contributed by atoms with van der Waals surface area (Å²) in [4.78, 5) is 0. The third-order valence-corrected chi connectivity index (χ3v) is 5.42. The first-order valence-electron chi connectivity index (χ1n) is 9.90. The lowest BCUT2D eigenvalue weighted by atomic mass is 9.91. The maximum atomic E-state index is 8.99. The zero-order valence-electron chi connectivity index (χ0n) is 16.3. The van der Waals surface area contributed by atoms with Gasteiger partial charge in [0.05, 0.1) is 18.2 Å². The maximum Gasteiger partial charge on any atom is 0.123 e. The van der Waals surface area contributed by atoms with Crippen molar-refractivity contribution in [2.75, 3.05) is 13.7 Å². The second-order valence-electron chi connectivity index (χ2n) is 7.16. The van der Waals surface area contributed by atoms with Gasteiger partial charge in [0.15, 0.2) is 0 Å². The van der Waals surface area contributed by atoms with Crippen LogP contribution in [0.3, 0.4) is 0 Å². The number of nitrogens with one attached hydrogen (secondary N) is 2. The van der Waals surface area contributed by atoms with Crippen molar-refractivity contribution in [2.24, 2.45) is 0 Å². The van der Waals surface area contributed by atoms with Crippen LogP contribution in [0.15, 0.2) is 42.5 Å². The van der Waals surface area contributed by atoms with Gasteiger partial charge in [0.1, 0.15) is 5.75 Å². The standard InChI is InChI=1S/C23H29N3O/c1-3-27-23-13-8-19(18-6-4-17(15-24)5-7-18)14-20(23)16-26-22-11-9-21(25-2)10-12-22/h4-8,13-14,21-22,25-26H,3,9-12,16H2,1-2H3. The number of ether oxygens (including phenoxy) is 1. The van der Waals surface area contributed by atoms with Crippen LogP contribution in [0.5, 0.6) is 5.75 Å². The maximum absolute atomic E-state index is 8.99. The monoisotopic (exact) mass is 363 g/mol. The van der Waals surface area contributed by atoms with Gasteiger partial charge in [-0.3, -0.25) is 0 Å². The van der Waals surface area contributed by atoms with Crippen LogP contribution in [-0.4, -0.2) is 25.7 Å². The first-order chi connectivity index (χ1) is 13.2. The van der Waals surface area contributed by atoms with Gasteiger partial charge in [-0.2, -0.15) is 5.26 Å². The first kappa shape index (κ1) is 19.4. The van der Waals surface area contributed by atoms with Crippen molar-refractivity contribution < 1.29 is 4.74 Å². The van der Waals surface area contributed by atoms with Crippen LogP contribution in [0, 0.1) is 11.3 Å². The molecule has 0 heterocycles. The average Bonchev–Trinajstić information content (AvgIpc) is 2.73. The van der Waals surface area contributed by atoms with Crippen LogP contribution in [0.1, 0.15) is 43.7 Å². The van der Waals surface area contributed by atoms with Crippen LogP contribution < -0.4 is 15.4 Å². The number of benzene rings is 2. The summed E-state index contributed by atoms with van der Waals surface area (Å²) in [5.41, 5.74) is 4.14. The lowest BCUT2D eigenvalue weighted by Gasteiger charge is -2.29. The highest BCUT2D eigenvalue weighted by Gasteiger charge is 2.19. The van der Waals surface area contributed by atoms with Crippen LogP contribution in [0.4, 0.5) is 0 Å². The van der Waals surface area contributed by atoms with Crippen LogP contribution in [0.2, 0.25) is 0 Å². The Morgan fingerprint density at radius 2 is 1.67 bits per heavy atom. The van der Waals surface area contributed by atoms with E-state index in [1.54, 1.807) is 0 Å². The number of hydrogen-bond donors (Lipinski definition) is 2. The van der Waals surface area contributed by atoms with E-state index >= 15 is 0 Å². The third-order valence-electron chi connectivity index (χ3n) is 5.42. The fourth-order valence-electron chi connectivity index (χ4n) is 3.77. The minimum atomic E-state index is 0.572. The number of nitrogens with zero attached hydrogens (tertiary/aromatic N) is 1. The van der Waals surface area contributed by atoms with E-state index in [1.165, 1.54) is 31.2 Å². The Labute approximate surface area is 162 Å². The molecule has 2 aromatic carbocycles. The van der Waals surface area contributed by atoms with Gasteiger partial charge in [0.2, 0.25) is 0 Å².